The Labute approximate surface area is 149 Å². The van der Waals surface area contributed by atoms with E-state index in [2.05, 4.69) is 42.5 Å². The van der Waals surface area contributed by atoms with Crippen LogP contribution in [0.2, 0.25) is 0 Å². The second-order valence-corrected chi connectivity index (χ2v) is 6.67. The molecule has 0 aliphatic rings. The van der Waals surface area contributed by atoms with Crippen LogP contribution in [0.3, 0.4) is 0 Å². The van der Waals surface area contributed by atoms with Crippen LogP contribution < -0.4 is 4.74 Å². The maximum absolute atomic E-state index is 10.4. The third-order valence-electron chi connectivity index (χ3n) is 4.43. The molecule has 4 heteroatoms. The summed E-state index contributed by atoms with van der Waals surface area (Å²) >= 11 is 0. The van der Waals surface area contributed by atoms with E-state index in [-0.39, 0.29) is 6.61 Å². The minimum atomic E-state index is -0.590. The second-order valence-electron chi connectivity index (χ2n) is 6.67. The highest BCUT2D eigenvalue weighted by Crippen LogP contribution is 2.20. The van der Waals surface area contributed by atoms with Crippen LogP contribution in [-0.4, -0.2) is 27.4 Å². The molecule has 0 fully saturated rings. The van der Waals surface area contributed by atoms with Crippen molar-refractivity contribution in [1.29, 1.82) is 0 Å². The lowest BCUT2D eigenvalue weighted by molar-refractivity contribution is 0.0927. The van der Waals surface area contributed by atoms with Gasteiger partial charge in [-0.05, 0) is 35.7 Å². The van der Waals surface area contributed by atoms with Gasteiger partial charge in [0.1, 0.15) is 24.3 Å². The Balaban J connectivity index is 1.65. The van der Waals surface area contributed by atoms with E-state index in [9.17, 15) is 5.11 Å². The number of aryl methyl sites for hydroxylation is 1. The molecule has 0 radical (unpaired) electrons. The molecule has 0 aliphatic carbocycles. The van der Waals surface area contributed by atoms with Crippen molar-refractivity contribution in [2.75, 3.05) is 6.61 Å². The van der Waals surface area contributed by atoms with Gasteiger partial charge in [0.05, 0.1) is 17.6 Å². The van der Waals surface area contributed by atoms with Crippen LogP contribution in [-0.2, 0) is 13.0 Å². The second kappa shape index (κ2) is 7.70. The molecule has 0 spiro atoms. The Morgan fingerprint density at radius 1 is 1.08 bits per heavy atom. The van der Waals surface area contributed by atoms with Crippen LogP contribution in [0.15, 0.2) is 48.5 Å². The average molecular weight is 338 g/mol. The van der Waals surface area contributed by atoms with Crippen molar-refractivity contribution in [2.24, 2.45) is 0 Å². The molecule has 0 bridgehead atoms. The molecular weight excluding hydrogens is 312 g/mol. The molecule has 132 valence electrons. The van der Waals surface area contributed by atoms with E-state index in [1.165, 1.54) is 5.56 Å². The summed E-state index contributed by atoms with van der Waals surface area (Å²) in [7, 11) is 0. The molecule has 1 aromatic heterocycles. The highest BCUT2D eigenvalue weighted by atomic mass is 16.5. The number of hydrogen-bond donors (Lipinski definition) is 1. The minimum Gasteiger partial charge on any atom is -0.491 e. The van der Waals surface area contributed by atoms with Crippen molar-refractivity contribution in [3.63, 3.8) is 0 Å². The quantitative estimate of drug-likeness (QED) is 0.703. The van der Waals surface area contributed by atoms with Crippen molar-refractivity contribution < 1.29 is 9.84 Å². The molecule has 1 atom stereocenters. The molecule has 0 saturated carbocycles. The molecule has 2 aromatic carbocycles. The number of rotatable bonds is 7. The lowest BCUT2D eigenvalue weighted by atomic mass is 10.0. The zero-order valence-corrected chi connectivity index (χ0v) is 15.1. The van der Waals surface area contributed by atoms with E-state index in [0.717, 1.165) is 29.0 Å². The number of benzene rings is 2. The zero-order valence-electron chi connectivity index (χ0n) is 15.1. The summed E-state index contributed by atoms with van der Waals surface area (Å²) in [5.41, 5.74) is 3.31. The van der Waals surface area contributed by atoms with Gasteiger partial charge in [-0.2, -0.15) is 0 Å². The lowest BCUT2D eigenvalue weighted by Gasteiger charge is -2.16. The van der Waals surface area contributed by atoms with Crippen LogP contribution in [0, 0.1) is 0 Å². The summed E-state index contributed by atoms with van der Waals surface area (Å²) in [6.45, 7) is 7.15. The molecule has 0 aliphatic heterocycles. The van der Waals surface area contributed by atoms with Crippen molar-refractivity contribution in [3.8, 4) is 5.75 Å². The first-order chi connectivity index (χ1) is 12.1. The summed E-state index contributed by atoms with van der Waals surface area (Å²) in [4.78, 5) is 4.64. The van der Waals surface area contributed by atoms with E-state index in [0.29, 0.717) is 12.5 Å². The predicted molar refractivity (Wildman–Crippen MR) is 101 cm³/mol. The summed E-state index contributed by atoms with van der Waals surface area (Å²) in [6.07, 6.45) is 0.242. The SMILES string of the molecule is CCc1nc2ccccc2n1CC(O)COc1ccc(C(C)C)cc1. The molecule has 3 aromatic rings. The third-order valence-corrected chi connectivity index (χ3v) is 4.43. The van der Waals surface area contributed by atoms with Crippen molar-refractivity contribution in [2.45, 2.75) is 45.8 Å². The van der Waals surface area contributed by atoms with Crippen LogP contribution in [0.1, 0.15) is 38.1 Å². The number of ether oxygens (including phenoxy) is 1. The van der Waals surface area contributed by atoms with Gasteiger partial charge in [0.15, 0.2) is 0 Å². The van der Waals surface area contributed by atoms with Crippen molar-refractivity contribution in [3.05, 3.63) is 59.9 Å². The number of nitrogens with zero attached hydrogens (tertiary/aromatic N) is 2. The Morgan fingerprint density at radius 3 is 2.48 bits per heavy atom. The summed E-state index contributed by atoms with van der Waals surface area (Å²) in [6, 6.07) is 16.1. The molecule has 1 unspecified atom stereocenters. The highest BCUT2D eigenvalue weighted by molar-refractivity contribution is 5.75. The maximum Gasteiger partial charge on any atom is 0.119 e. The number of aromatic nitrogens is 2. The Kier molecular flexibility index (Phi) is 5.39. The molecule has 1 N–H and O–H groups in total. The van der Waals surface area contributed by atoms with Gasteiger partial charge in [-0.15, -0.1) is 0 Å². The van der Waals surface area contributed by atoms with E-state index in [1.54, 1.807) is 0 Å². The average Bonchev–Trinajstić information content (AvgIpc) is 2.98. The molecule has 0 amide bonds. The zero-order chi connectivity index (χ0) is 17.8. The normalized spacial score (nSPS) is 12.7. The molecular formula is C21H26N2O2. The van der Waals surface area contributed by atoms with Crippen LogP contribution in [0.25, 0.3) is 11.0 Å². The Hall–Kier alpha value is -2.33. The van der Waals surface area contributed by atoms with E-state index < -0.39 is 6.10 Å². The topological polar surface area (TPSA) is 47.3 Å². The van der Waals surface area contributed by atoms with Gasteiger partial charge in [-0.3, -0.25) is 0 Å². The first kappa shape index (κ1) is 17.5. The number of fused-ring (bicyclic) bond motifs is 1. The highest BCUT2D eigenvalue weighted by Gasteiger charge is 2.13. The number of imidazole rings is 1. The minimum absolute atomic E-state index is 0.261. The summed E-state index contributed by atoms with van der Waals surface area (Å²) < 4.78 is 7.84. The number of aliphatic hydroxyl groups is 1. The van der Waals surface area contributed by atoms with Gasteiger partial charge >= 0.3 is 0 Å². The number of hydrogen-bond acceptors (Lipinski definition) is 3. The van der Waals surface area contributed by atoms with Gasteiger partial charge in [0.2, 0.25) is 0 Å². The first-order valence-electron chi connectivity index (χ1n) is 8.93. The smallest absolute Gasteiger partial charge is 0.119 e. The maximum atomic E-state index is 10.4. The number of para-hydroxylation sites is 2. The van der Waals surface area contributed by atoms with Crippen LogP contribution >= 0.6 is 0 Å². The van der Waals surface area contributed by atoms with Gasteiger partial charge in [0, 0.05) is 6.42 Å². The standard InChI is InChI=1S/C21H26N2O2/c1-4-21-22-19-7-5-6-8-20(19)23(21)13-17(24)14-25-18-11-9-16(10-12-18)15(2)3/h5-12,15,17,24H,4,13-14H2,1-3H3. The molecule has 4 nitrogen and oxygen atoms in total. The molecule has 3 rings (SSSR count). The largest absolute Gasteiger partial charge is 0.491 e. The van der Waals surface area contributed by atoms with E-state index >= 15 is 0 Å². The van der Waals surface area contributed by atoms with E-state index in [4.69, 9.17) is 4.74 Å². The van der Waals surface area contributed by atoms with E-state index in [1.807, 2.05) is 36.4 Å². The van der Waals surface area contributed by atoms with Gasteiger partial charge in [0.25, 0.3) is 0 Å². The van der Waals surface area contributed by atoms with Gasteiger partial charge < -0.3 is 14.4 Å². The predicted octanol–water partition coefficient (Wildman–Crippen LogP) is 4.16. The van der Waals surface area contributed by atoms with Gasteiger partial charge in [-0.25, -0.2) is 4.98 Å². The monoisotopic (exact) mass is 338 g/mol. The molecule has 1 heterocycles. The van der Waals surface area contributed by atoms with Crippen molar-refractivity contribution >= 4 is 11.0 Å². The van der Waals surface area contributed by atoms with Gasteiger partial charge in [-0.1, -0.05) is 45.0 Å². The fraction of sp³-hybridized carbons (Fsp3) is 0.381. The summed E-state index contributed by atoms with van der Waals surface area (Å²) in [5.74, 6) is 2.28. The lowest BCUT2D eigenvalue weighted by Crippen LogP contribution is -2.24. The molecule has 25 heavy (non-hydrogen) atoms. The summed E-state index contributed by atoms with van der Waals surface area (Å²) in [5, 5.41) is 10.4. The van der Waals surface area contributed by atoms with Crippen LogP contribution in [0.4, 0.5) is 0 Å². The Bertz CT molecular complexity index is 822. The Morgan fingerprint density at radius 2 is 1.80 bits per heavy atom. The third kappa shape index (κ3) is 4.02. The van der Waals surface area contributed by atoms with Crippen LogP contribution in [0.5, 0.6) is 5.75 Å². The number of aliphatic hydroxyl groups excluding tert-OH is 1. The first-order valence-corrected chi connectivity index (χ1v) is 8.93. The molecule has 0 saturated heterocycles. The van der Waals surface area contributed by atoms with Crippen molar-refractivity contribution in [1.82, 2.24) is 9.55 Å². The fourth-order valence-corrected chi connectivity index (χ4v) is 3.00. The fourth-order valence-electron chi connectivity index (χ4n) is 3.00.